The molecule has 5 rings (SSSR count). The van der Waals surface area contributed by atoms with Crippen LogP contribution in [0.4, 0.5) is 5.13 Å². The van der Waals surface area contributed by atoms with Gasteiger partial charge in [0.1, 0.15) is 5.52 Å². The van der Waals surface area contributed by atoms with Gasteiger partial charge in [0.25, 0.3) is 5.91 Å². The zero-order chi connectivity index (χ0) is 25.4. The summed E-state index contributed by atoms with van der Waals surface area (Å²) in [6.45, 7) is 5.34. The fourth-order valence-electron chi connectivity index (χ4n) is 4.66. The van der Waals surface area contributed by atoms with E-state index in [-0.39, 0.29) is 29.1 Å². The lowest BCUT2D eigenvalue weighted by atomic mass is 10.2. The first kappa shape index (κ1) is 25.6. The normalized spacial score (nSPS) is 23.2. The quantitative estimate of drug-likeness (QED) is 0.447. The molecule has 0 radical (unpaired) electrons. The standard InChI is InChI=1S/C25H28ClN3O5S2/c1-16-13-28(14-17(2)34-16)36(31,32)20-10-8-18(9-11-20)24(30)29(15-19-5-4-12-33-19)25-27-23-21(26)6-3-7-22(23)35-25/h3,6-11,16-17,19H,4-5,12-15H2,1-2H3. The van der Waals surface area contributed by atoms with Crippen LogP contribution in [0, 0.1) is 0 Å². The van der Waals surface area contributed by atoms with Gasteiger partial charge in [0.2, 0.25) is 10.0 Å². The van der Waals surface area contributed by atoms with Crippen molar-refractivity contribution in [1.82, 2.24) is 9.29 Å². The maximum Gasteiger partial charge on any atom is 0.260 e. The van der Waals surface area contributed by atoms with Crippen molar-refractivity contribution >= 4 is 54.2 Å². The second-order valence-electron chi connectivity index (χ2n) is 9.24. The highest BCUT2D eigenvalue weighted by Gasteiger charge is 2.33. The Morgan fingerprint density at radius 1 is 1.17 bits per heavy atom. The molecule has 0 saturated carbocycles. The Bertz CT molecular complexity index is 1350. The lowest BCUT2D eigenvalue weighted by Crippen LogP contribution is -2.48. The van der Waals surface area contributed by atoms with Gasteiger partial charge in [0, 0.05) is 25.3 Å². The van der Waals surface area contributed by atoms with E-state index in [4.69, 9.17) is 21.1 Å². The molecule has 11 heteroatoms. The molecule has 0 N–H and O–H groups in total. The summed E-state index contributed by atoms with van der Waals surface area (Å²) in [7, 11) is -3.70. The van der Waals surface area contributed by atoms with Crippen molar-refractivity contribution in [3.63, 3.8) is 0 Å². The molecule has 2 saturated heterocycles. The molecule has 1 aromatic heterocycles. The van der Waals surface area contributed by atoms with Crippen LogP contribution >= 0.6 is 22.9 Å². The number of ether oxygens (including phenoxy) is 2. The van der Waals surface area contributed by atoms with Crippen molar-refractivity contribution in [1.29, 1.82) is 0 Å². The highest BCUT2D eigenvalue weighted by molar-refractivity contribution is 7.89. The summed E-state index contributed by atoms with van der Waals surface area (Å²) in [5, 5.41) is 1.06. The van der Waals surface area contributed by atoms with Gasteiger partial charge in [-0.3, -0.25) is 9.69 Å². The minimum atomic E-state index is -3.70. The van der Waals surface area contributed by atoms with E-state index in [0.29, 0.717) is 47.5 Å². The van der Waals surface area contributed by atoms with Crippen molar-refractivity contribution < 1.29 is 22.7 Å². The monoisotopic (exact) mass is 549 g/mol. The molecular weight excluding hydrogens is 522 g/mol. The van der Waals surface area contributed by atoms with Crippen molar-refractivity contribution in [2.45, 2.75) is 49.9 Å². The van der Waals surface area contributed by atoms with E-state index in [0.717, 1.165) is 17.5 Å². The Labute approximate surface area is 219 Å². The molecule has 0 spiro atoms. The Morgan fingerprint density at radius 2 is 1.89 bits per heavy atom. The van der Waals surface area contributed by atoms with E-state index in [1.165, 1.54) is 27.8 Å². The number of aromatic nitrogens is 1. The van der Waals surface area contributed by atoms with Gasteiger partial charge in [0.05, 0.1) is 39.5 Å². The van der Waals surface area contributed by atoms with Crippen LogP contribution in [0.3, 0.4) is 0 Å². The molecule has 1 amide bonds. The predicted molar refractivity (Wildman–Crippen MR) is 140 cm³/mol. The van der Waals surface area contributed by atoms with Crippen molar-refractivity contribution in [2.24, 2.45) is 0 Å². The highest BCUT2D eigenvalue weighted by atomic mass is 35.5. The SMILES string of the molecule is CC1CN(S(=O)(=O)c2ccc(C(=O)N(CC3CCCO3)c3nc4c(Cl)cccc4s3)cc2)CC(C)O1. The highest BCUT2D eigenvalue weighted by Crippen LogP contribution is 2.34. The average Bonchev–Trinajstić information content (AvgIpc) is 3.52. The van der Waals surface area contributed by atoms with Crippen molar-refractivity contribution in [3.05, 3.63) is 53.1 Å². The summed E-state index contributed by atoms with van der Waals surface area (Å²) >= 11 is 7.72. The van der Waals surface area contributed by atoms with Gasteiger partial charge in [-0.2, -0.15) is 4.31 Å². The number of halogens is 1. The number of amides is 1. The van der Waals surface area contributed by atoms with Crippen molar-refractivity contribution in [2.75, 3.05) is 31.1 Å². The molecule has 3 unspecified atom stereocenters. The number of carbonyl (C=O) groups excluding carboxylic acids is 1. The third-order valence-electron chi connectivity index (χ3n) is 6.37. The summed E-state index contributed by atoms with van der Waals surface area (Å²) in [5.41, 5.74) is 1.03. The largest absolute Gasteiger partial charge is 0.376 e. The fraction of sp³-hybridized carbons (Fsp3) is 0.440. The summed E-state index contributed by atoms with van der Waals surface area (Å²) in [5.74, 6) is -0.266. The van der Waals surface area contributed by atoms with Crippen LogP contribution in [0.5, 0.6) is 0 Å². The number of para-hydroxylation sites is 1. The number of thiazole rings is 1. The fourth-order valence-corrected chi connectivity index (χ4v) is 7.52. The predicted octanol–water partition coefficient (Wildman–Crippen LogP) is 4.57. The number of nitrogens with zero attached hydrogens (tertiary/aromatic N) is 3. The number of sulfonamides is 1. The molecular formula is C25H28ClN3O5S2. The molecule has 3 heterocycles. The molecule has 3 aromatic rings. The molecule has 2 aliphatic rings. The molecule has 8 nitrogen and oxygen atoms in total. The Morgan fingerprint density at radius 3 is 2.53 bits per heavy atom. The number of rotatable bonds is 6. The van der Waals surface area contributed by atoms with E-state index in [9.17, 15) is 13.2 Å². The van der Waals surface area contributed by atoms with Gasteiger partial charge in [-0.15, -0.1) is 0 Å². The Balaban J connectivity index is 1.43. The van der Waals surface area contributed by atoms with E-state index in [1.807, 2.05) is 26.0 Å². The van der Waals surface area contributed by atoms with Crippen LogP contribution in [-0.4, -0.2) is 68.2 Å². The zero-order valence-electron chi connectivity index (χ0n) is 20.1. The van der Waals surface area contributed by atoms with Crippen LogP contribution in [0.2, 0.25) is 5.02 Å². The van der Waals surface area contributed by atoms with Crippen LogP contribution in [0.1, 0.15) is 37.0 Å². The van der Waals surface area contributed by atoms with Gasteiger partial charge in [-0.25, -0.2) is 13.4 Å². The van der Waals surface area contributed by atoms with Gasteiger partial charge in [-0.1, -0.05) is 29.0 Å². The number of hydrogen-bond donors (Lipinski definition) is 0. The smallest absolute Gasteiger partial charge is 0.260 e. The number of morpholine rings is 1. The van der Waals surface area contributed by atoms with Crippen LogP contribution in [0.15, 0.2) is 47.4 Å². The Kier molecular flexibility index (Phi) is 7.35. The molecule has 2 aliphatic heterocycles. The first-order chi connectivity index (χ1) is 17.2. The van der Waals surface area contributed by atoms with Gasteiger partial charge < -0.3 is 9.47 Å². The molecule has 36 heavy (non-hydrogen) atoms. The molecule has 2 aromatic carbocycles. The van der Waals surface area contributed by atoms with E-state index < -0.39 is 10.0 Å². The topological polar surface area (TPSA) is 89.0 Å². The van der Waals surface area contributed by atoms with Gasteiger partial charge >= 0.3 is 0 Å². The van der Waals surface area contributed by atoms with Crippen molar-refractivity contribution in [3.8, 4) is 0 Å². The van der Waals surface area contributed by atoms with E-state index in [2.05, 4.69) is 4.98 Å². The molecule has 3 atom stereocenters. The van der Waals surface area contributed by atoms with Gasteiger partial charge in [0.15, 0.2) is 5.13 Å². The lowest BCUT2D eigenvalue weighted by Gasteiger charge is -2.34. The number of hydrogen-bond acceptors (Lipinski definition) is 7. The zero-order valence-corrected chi connectivity index (χ0v) is 22.5. The summed E-state index contributed by atoms with van der Waals surface area (Å²) in [4.78, 5) is 20.1. The molecule has 0 bridgehead atoms. The second kappa shape index (κ2) is 10.4. The number of anilines is 1. The Hall–Kier alpha value is -2.08. The van der Waals surface area contributed by atoms with Crippen LogP contribution < -0.4 is 4.90 Å². The van der Waals surface area contributed by atoms with Crippen LogP contribution in [0.25, 0.3) is 10.2 Å². The summed E-state index contributed by atoms with van der Waals surface area (Å²) < 4.78 is 40.2. The number of fused-ring (bicyclic) bond motifs is 1. The van der Waals surface area contributed by atoms with Crippen LogP contribution in [-0.2, 0) is 19.5 Å². The third kappa shape index (κ3) is 5.16. The third-order valence-corrected chi connectivity index (χ3v) is 9.56. The van der Waals surface area contributed by atoms with Gasteiger partial charge in [-0.05, 0) is 63.1 Å². The van der Waals surface area contributed by atoms with E-state index >= 15 is 0 Å². The maximum absolute atomic E-state index is 13.7. The molecule has 192 valence electrons. The first-order valence-electron chi connectivity index (χ1n) is 12.0. The maximum atomic E-state index is 13.7. The lowest BCUT2D eigenvalue weighted by molar-refractivity contribution is -0.0440. The molecule has 2 fully saturated rings. The average molecular weight is 550 g/mol. The van der Waals surface area contributed by atoms with E-state index in [1.54, 1.807) is 23.1 Å². The summed E-state index contributed by atoms with van der Waals surface area (Å²) in [6, 6.07) is 11.7. The first-order valence-corrected chi connectivity index (χ1v) is 14.6. The summed E-state index contributed by atoms with van der Waals surface area (Å²) in [6.07, 6.45) is 1.37. The minimum absolute atomic E-state index is 0.0821. The minimum Gasteiger partial charge on any atom is -0.376 e. The number of carbonyl (C=O) groups is 1. The number of benzene rings is 2. The second-order valence-corrected chi connectivity index (χ2v) is 12.6. The molecule has 0 aliphatic carbocycles.